The number of allylic oxidation sites excluding steroid dienone is 4. The first-order valence-corrected chi connectivity index (χ1v) is 8.67. The summed E-state index contributed by atoms with van der Waals surface area (Å²) >= 11 is 0. The number of hydrogen-bond donors (Lipinski definition) is 1. The standard InChI is InChI=1S/C9H12.C4H11N.C3H8.2C2H6/c1-3-5-7-9-8-6-4-2;1-3-4-5-2;1-3-2;2*1-2/h1,5,7-9H,4,6H2,2H3;5H,3-4H2,1-2H3;3H2,1-2H3;2*1-2H3/b7-5-,9-8-;;;;. The predicted molar refractivity (Wildman–Crippen MR) is 105 cm³/mol. The SMILES string of the molecule is C#C/C=C\C=C/CCC.CC.CC.CCC.CCCNC. The fourth-order valence-electron chi connectivity index (χ4n) is 0.703. The van der Waals surface area contributed by atoms with Crippen LogP contribution in [0.1, 0.15) is 81.1 Å². The summed E-state index contributed by atoms with van der Waals surface area (Å²) in [6.45, 7) is 17.7. The lowest BCUT2D eigenvalue weighted by Gasteiger charge is -1.84. The maximum absolute atomic E-state index is 4.97. The summed E-state index contributed by atoms with van der Waals surface area (Å²) in [5, 5.41) is 3.02. The van der Waals surface area contributed by atoms with E-state index >= 15 is 0 Å². The van der Waals surface area contributed by atoms with Crippen molar-refractivity contribution in [1.82, 2.24) is 5.32 Å². The molecule has 0 aromatic rings. The fraction of sp³-hybridized carbons (Fsp3) is 0.700. The van der Waals surface area contributed by atoms with E-state index < -0.39 is 0 Å². The molecule has 0 heterocycles. The van der Waals surface area contributed by atoms with Gasteiger partial charge in [-0.3, -0.25) is 0 Å². The van der Waals surface area contributed by atoms with Gasteiger partial charge in [-0.1, -0.05) is 92.4 Å². The van der Waals surface area contributed by atoms with E-state index in [1.165, 1.54) is 19.3 Å². The highest BCUT2D eigenvalue weighted by Crippen LogP contribution is 1.87. The van der Waals surface area contributed by atoms with Crippen LogP contribution < -0.4 is 5.32 Å². The highest BCUT2D eigenvalue weighted by atomic mass is 14.8. The van der Waals surface area contributed by atoms with E-state index in [4.69, 9.17) is 6.42 Å². The third kappa shape index (κ3) is 112. The molecule has 0 saturated heterocycles. The topological polar surface area (TPSA) is 12.0 Å². The van der Waals surface area contributed by atoms with Crippen LogP contribution in [0.3, 0.4) is 0 Å². The van der Waals surface area contributed by atoms with Crippen LogP contribution in [0.4, 0.5) is 0 Å². The molecule has 1 nitrogen and oxygen atoms in total. The Balaban J connectivity index is -0.0000000604. The van der Waals surface area contributed by atoms with Gasteiger partial charge in [0.15, 0.2) is 0 Å². The lowest BCUT2D eigenvalue weighted by molar-refractivity contribution is 0.772. The number of terminal acetylenes is 1. The molecule has 0 radical (unpaired) electrons. The summed E-state index contributed by atoms with van der Waals surface area (Å²) in [7, 11) is 1.96. The summed E-state index contributed by atoms with van der Waals surface area (Å²) in [5.74, 6) is 2.41. The Morgan fingerprint density at radius 3 is 1.62 bits per heavy atom. The maximum Gasteiger partial charge on any atom is -0.00546 e. The minimum Gasteiger partial charge on any atom is -0.320 e. The first kappa shape index (κ1) is 32.1. The van der Waals surface area contributed by atoms with Crippen LogP contribution in [0.15, 0.2) is 24.3 Å². The van der Waals surface area contributed by atoms with Gasteiger partial charge in [0.25, 0.3) is 0 Å². The quantitative estimate of drug-likeness (QED) is 0.444. The summed E-state index contributed by atoms with van der Waals surface area (Å²) in [6.07, 6.45) is 17.4. The summed E-state index contributed by atoms with van der Waals surface area (Å²) in [5.41, 5.74) is 0. The van der Waals surface area contributed by atoms with Gasteiger partial charge in [-0.15, -0.1) is 6.42 Å². The maximum atomic E-state index is 4.97. The van der Waals surface area contributed by atoms with Crippen LogP contribution in [-0.2, 0) is 0 Å². The summed E-state index contributed by atoms with van der Waals surface area (Å²) in [6, 6.07) is 0. The van der Waals surface area contributed by atoms with Gasteiger partial charge in [0.05, 0.1) is 0 Å². The van der Waals surface area contributed by atoms with Crippen molar-refractivity contribution in [3.05, 3.63) is 24.3 Å². The van der Waals surface area contributed by atoms with E-state index in [0.29, 0.717) is 0 Å². The zero-order chi connectivity index (χ0) is 17.8. The molecule has 0 aliphatic heterocycles. The van der Waals surface area contributed by atoms with E-state index in [9.17, 15) is 0 Å². The molecular formula is C20H43N. The third-order valence-corrected chi connectivity index (χ3v) is 1.39. The monoisotopic (exact) mass is 297 g/mol. The molecule has 0 unspecified atom stereocenters. The molecule has 0 aromatic heterocycles. The molecule has 1 heteroatoms. The molecule has 0 bridgehead atoms. The first-order valence-electron chi connectivity index (χ1n) is 8.67. The average molecular weight is 298 g/mol. The van der Waals surface area contributed by atoms with Crippen LogP contribution in [0.2, 0.25) is 0 Å². The van der Waals surface area contributed by atoms with Gasteiger partial charge in [0.1, 0.15) is 0 Å². The Labute approximate surface area is 137 Å². The molecule has 0 aliphatic carbocycles. The van der Waals surface area contributed by atoms with Gasteiger partial charge < -0.3 is 5.32 Å². The Kier molecular flexibility index (Phi) is 94.1. The van der Waals surface area contributed by atoms with Crippen molar-refractivity contribution in [1.29, 1.82) is 0 Å². The molecule has 0 spiro atoms. The molecule has 0 saturated carbocycles. The lowest BCUT2D eigenvalue weighted by atomic mass is 10.3. The zero-order valence-electron chi connectivity index (χ0n) is 16.4. The molecular weight excluding hydrogens is 254 g/mol. The number of nitrogens with one attached hydrogen (secondary N) is 1. The van der Waals surface area contributed by atoms with E-state index in [0.717, 1.165) is 13.0 Å². The van der Waals surface area contributed by atoms with Gasteiger partial charge in [0.2, 0.25) is 0 Å². The van der Waals surface area contributed by atoms with E-state index in [1.807, 2.05) is 46.9 Å². The van der Waals surface area contributed by atoms with Gasteiger partial charge in [0, 0.05) is 0 Å². The second-order valence-corrected chi connectivity index (χ2v) is 3.55. The Hall–Kier alpha value is -1.00. The molecule has 0 aliphatic rings. The molecule has 0 aromatic carbocycles. The minimum absolute atomic E-state index is 1.13. The smallest absolute Gasteiger partial charge is 0.00546 e. The molecule has 0 fully saturated rings. The normalized spacial score (nSPS) is 8.00. The van der Waals surface area contributed by atoms with Crippen molar-refractivity contribution in [3.63, 3.8) is 0 Å². The van der Waals surface area contributed by atoms with Crippen molar-refractivity contribution < 1.29 is 0 Å². The number of unbranched alkanes of at least 4 members (excludes halogenated alkanes) is 1. The largest absolute Gasteiger partial charge is 0.320 e. The van der Waals surface area contributed by atoms with Crippen LogP contribution >= 0.6 is 0 Å². The van der Waals surface area contributed by atoms with Gasteiger partial charge in [-0.25, -0.2) is 0 Å². The number of hydrogen-bond acceptors (Lipinski definition) is 1. The zero-order valence-corrected chi connectivity index (χ0v) is 16.4. The third-order valence-electron chi connectivity index (χ3n) is 1.39. The first-order chi connectivity index (χ1) is 10.2. The average Bonchev–Trinajstić information content (AvgIpc) is 2.53. The van der Waals surface area contributed by atoms with Crippen molar-refractivity contribution in [2.75, 3.05) is 13.6 Å². The highest BCUT2D eigenvalue weighted by molar-refractivity contribution is 5.15. The molecule has 128 valence electrons. The van der Waals surface area contributed by atoms with Crippen molar-refractivity contribution >= 4 is 0 Å². The van der Waals surface area contributed by atoms with E-state index in [-0.39, 0.29) is 0 Å². The highest BCUT2D eigenvalue weighted by Gasteiger charge is 1.67. The minimum atomic E-state index is 1.13. The molecule has 21 heavy (non-hydrogen) atoms. The molecule has 0 rings (SSSR count). The van der Waals surface area contributed by atoms with Crippen LogP contribution in [0, 0.1) is 12.3 Å². The predicted octanol–water partition coefficient (Wildman–Crippen LogP) is 6.62. The summed E-state index contributed by atoms with van der Waals surface area (Å²) in [4.78, 5) is 0. The van der Waals surface area contributed by atoms with Crippen LogP contribution in [0.25, 0.3) is 0 Å². The summed E-state index contributed by atoms with van der Waals surface area (Å²) < 4.78 is 0. The lowest BCUT2D eigenvalue weighted by Crippen LogP contribution is -2.04. The second kappa shape index (κ2) is 61.6. The van der Waals surface area contributed by atoms with Crippen molar-refractivity contribution in [3.8, 4) is 12.3 Å². The Morgan fingerprint density at radius 2 is 1.38 bits per heavy atom. The van der Waals surface area contributed by atoms with Gasteiger partial charge in [-0.2, -0.15) is 0 Å². The Morgan fingerprint density at radius 1 is 0.905 bits per heavy atom. The second-order valence-electron chi connectivity index (χ2n) is 3.55. The van der Waals surface area contributed by atoms with E-state index in [1.54, 1.807) is 6.08 Å². The Bertz CT molecular complexity index is 183. The van der Waals surface area contributed by atoms with Crippen LogP contribution in [-0.4, -0.2) is 13.6 Å². The van der Waals surface area contributed by atoms with Crippen molar-refractivity contribution in [2.24, 2.45) is 0 Å². The van der Waals surface area contributed by atoms with Crippen molar-refractivity contribution in [2.45, 2.75) is 81.1 Å². The van der Waals surface area contributed by atoms with Gasteiger partial charge >= 0.3 is 0 Å². The number of rotatable bonds is 5. The van der Waals surface area contributed by atoms with E-state index in [2.05, 4.69) is 45.0 Å². The molecule has 1 N–H and O–H groups in total. The van der Waals surface area contributed by atoms with Gasteiger partial charge in [-0.05, 0) is 32.5 Å². The fourth-order valence-corrected chi connectivity index (χ4v) is 0.703. The van der Waals surface area contributed by atoms with Crippen LogP contribution in [0.5, 0.6) is 0 Å². The molecule has 0 amide bonds. The molecule has 0 atom stereocenters.